The van der Waals surface area contributed by atoms with Crippen LogP contribution in [0.5, 0.6) is 0 Å². The fourth-order valence-electron chi connectivity index (χ4n) is 2.34. The zero-order valence-electron chi connectivity index (χ0n) is 7.16. The molecule has 1 saturated heterocycles. The summed E-state index contributed by atoms with van der Waals surface area (Å²) in [6.07, 6.45) is -3.56. The van der Waals surface area contributed by atoms with Crippen LogP contribution in [0.1, 0.15) is 19.3 Å². The van der Waals surface area contributed by atoms with E-state index in [1.54, 1.807) is 0 Å². The molecule has 0 radical (unpaired) electrons. The van der Waals surface area contributed by atoms with E-state index in [0.717, 1.165) is 0 Å². The molecular formula is C8H12F3NO. The lowest BCUT2D eigenvalue weighted by Crippen LogP contribution is -2.43. The number of halogens is 3. The van der Waals surface area contributed by atoms with Crippen molar-refractivity contribution >= 4 is 0 Å². The number of ether oxygens (including phenoxy) is 1. The monoisotopic (exact) mass is 195 g/mol. The highest BCUT2D eigenvalue weighted by atomic mass is 19.4. The minimum Gasteiger partial charge on any atom is -0.365 e. The van der Waals surface area contributed by atoms with Gasteiger partial charge in [-0.1, -0.05) is 0 Å². The standard InChI is InChI=1S/C8H12F3NO/c9-8(10,11)7-2-1-6(3-7,4-12)5-13-7/h1-5,12H2. The van der Waals surface area contributed by atoms with Gasteiger partial charge in [0.1, 0.15) is 0 Å². The molecule has 13 heavy (non-hydrogen) atoms. The first-order chi connectivity index (χ1) is 5.93. The fraction of sp³-hybridized carbons (Fsp3) is 1.00. The van der Waals surface area contributed by atoms with Crippen molar-refractivity contribution in [1.29, 1.82) is 0 Å². The Kier molecular flexibility index (Phi) is 1.70. The molecule has 2 bridgehead atoms. The second-order valence-electron chi connectivity index (χ2n) is 4.16. The number of hydrogen-bond donors (Lipinski definition) is 1. The van der Waals surface area contributed by atoms with Crippen LogP contribution in [0.15, 0.2) is 0 Å². The largest absolute Gasteiger partial charge is 0.417 e. The Morgan fingerprint density at radius 1 is 1.31 bits per heavy atom. The summed E-state index contributed by atoms with van der Waals surface area (Å²) in [5.74, 6) is 0. The van der Waals surface area contributed by atoms with Crippen molar-refractivity contribution in [3.05, 3.63) is 0 Å². The van der Waals surface area contributed by atoms with Crippen LogP contribution in [0.25, 0.3) is 0 Å². The zero-order chi connectivity index (χ0) is 9.74. The second kappa shape index (κ2) is 2.39. The third-order valence-corrected chi connectivity index (χ3v) is 3.32. The topological polar surface area (TPSA) is 35.2 Å². The highest BCUT2D eigenvalue weighted by molar-refractivity contribution is 5.08. The van der Waals surface area contributed by atoms with Crippen molar-refractivity contribution in [2.45, 2.75) is 31.0 Å². The first-order valence-corrected chi connectivity index (χ1v) is 4.34. The van der Waals surface area contributed by atoms with Gasteiger partial charge in [-0.05, 0) is 19.3 Å². The van der Waals surface area contributed by atoms with E-state index in [2.05, 4.69) is 0 Å². The molecule has 5 heteroatoms. The van der Waals surface area contributed by atoms with Gasteiger partial charge in [0.15, 0.2) is 5.60 Å². The molecule has 1 saturated carbocycles. The van der Waals surface area contributed by atoms with Gasteiger partial charge in [-0.2, -0.15) is 13.2 Å². The van der Waals surface area contributed by atoms with E-state index in [0.29, 0.717) is 13.0 Å². The van der Waals surface area contributed by atoms with Crippen molar-refractivity contribution < 1.29 is 17.9 Å². The molecular weight excluding hydrogens is 183 g/mol. The van der Waals surface area contributed by atoms with Crippen LogP contribution in [0.2, 0.25) is 0 Å². The highest BCUT2D eigenvalue weighted by Gasteiger charge is 2.67. The molecule has 2 aliphatic rings. The Hall–Kier alpha value is -0.290. The van der Waals surface area contributed by atoms with Crippen LogP contribution in [0.4, 0.5) is 13.2 Å². The molecule has 0 amide bonds. The summed E-state index contributed by atoms with van der Waals surface area (Å²) in [5.41, 5.74) is 3.20. The molecule has 0 spiro atoms. The first kappa shape index (κ1) is 9.27. The van der Waals surface area contributed by atoms with Gasteiger partial charge in [0.2, 0.25) is 0 Å². The van der Waals surface area contributed by atoms with Crippen LogP contribution in [-0.4, -0.2) is 24.9 Å². The molecule has 0 aromatic rings. The normalized spacial score (nSPS) is 44.3. The van der Waals surface area contributed by atoms with Crippen molar-refractivity contribution in [3.63, 3.8) is 0 Å². The number of nitrogens with two attached hydrogens (primary N) is 1. The molecule has 0 aromatic carbocycles. The summed E-state index contributed by atoms with van der Waals surface area (Å²) < 4.78 is 42.6. The smallest absolute Gasteiger partial charge is 0.365 e. The van der Waals surface area contributed by atoms with Gasteiger partial charge >= 0.3 is 6.18 Å². The van der Waals surface area contributed by atoms with E-state index in [1.807, 2.05) is 0 Å². The van der Waals surface area contributed by atoms with E-state index in [1.165, 1.54) is 0 Å². The van der Waals surface area contributed by atoms with Gasteiger partial charge in [0, 0.05) is 12.0 Å². The van der Waals surface area contributed by atoms with Crippen molar-refractivity contribution in [3.8, 4) is 0 Å². The maximum Gasteiger partial charge on any atom is 0.417 e. The van der Waals surface area contributed by atoms with Gasteiger partial charge in [0.25, 0.3) is 0 Å². The molecule has 0 aromatic heterocycles. The average Bonchev–Trinajstić information content (AvgIpc) is 2.60. The quantitative estimate of drug-likeness (QED) is 0.687. The predicted molar refractivity (Wildman–Crippen MR) is 40.1 cm³/mol. The maximum atomic E-state index is 12.6. The molecule has 2 fully saturated rings. The van der Waals surface area contributed by atoms with E-state index < -0.39 is 17.2 Å². The lowest BCUT2D eigenvalue weighted by atomic mass is 9.88. The van der Waals surface area contributed by atoms with Crippen LogP contribution < -0.4 is 5.73 Å². The van der Waals surface area contributed by atoms with E-state index in [9.17, 15) is 13.2 Å². The fourth-order valence-corrected chi connectivity index (χ4v) is 2.34. The summed E-state index contributed by atoms with van der Waals surface area (Å²) in [4.78, 5) is 0. The molecule has 1 heterocycles. The molecule has 2 rings (SSSR count). The van der Waals surface area contributed by atoms with Crippen molar-refractivity contribution in [1.82, 2.24) is 0 Å². The summed E-state index contributed by atoms with van der Waals surface area (Å²) in [7, 11) is 0. The maximum absolute atomic E-state index is 12.6. The van der Waals surface area contributed by atoms with Crippen LogP contribution in [0.3, 0.4) is 0 Å². The Morgan fingerprint density at radius 2 is 2.00 bits per heavy atom. The summed E-state index contributed by atoms with van der Waals surface area (Å²) in [6.45, 7) is 0.466. The number of alkyl halides is 3. The van der Waals surface area contributed by atoms with Crippen molar-refractivity contribution in [2.75, 3.05) is 13.2 Å². The van der Waals surface area contributed by atoms with Crippen molar-refractivity contribution in [2.24, 2.45) is 11.1 Å². The molecule has 2 N–H and O–H groups in total. The lowest BCUT2D eigenvalue weighted by Gasteiger charge is -2.29. The number of rotatable bonds is 1. The van der Waals surface area contributed by atoms with E-state index >= 15 is 0 Å². The molecule has 2 unspecified atom stereocenters. The molecule has 1 aliphatic carbocycles. The number of fused-ring (bicyclic) bond motifs is 2. The first-order valence-electron chi connectivity index (χ1n) is 4.34. The van der Waals surface area contributed by atoms with Gasteiger partial charge in [-0.15, -0.1) is 0 Å². The van der Waals surface area contributed by atoms with Crippen LogP contribution in [0, 0.1) is 5.41 Å². The third-order valence-electron chi connectivity index (χ3n) is 3.32. The Morgan fingerprint density at radius 3 is 2.23 bits per heavy atom. The second-order valence-corrected chi connectivity index (χ2v) is 4.16. The Balaban J connectivity index is 2.23. The number of hydrogen-bond acceptors (Lipinski definition) is 2. The summed E-state index contributed by atoms with van der Waals surface area (Å²) >= 11 is 0. The minimum absolute atomic E-state index is 0.0556. The Bertz CT molecular complexity index is 218. The highest BCUT2D eigenvalue weighted by Crippen LogP contribution is 2.58. The average molecular weight is 195 g/mol. The molecule has 76 valence electrons. The third kappa shape index (κ3) is 1.10. The summed E-state index contributed by atoms with van der Waals surface area (Å²) in [5, 5.41) is 0. The van der Waals surface area contributed by atoms with Gasteiger partial charge in [-0.25, -0.2) is 0 Å². The molecule has 1 aliphatic heterocycles. The molecule has 2 atom stereocenters. The van der Waals surface area contributed by atoms with Gasteiger partial charge in [0.05, 0.1) is 6.61 Å². The SMILES string of the molecule is NCC12CCC(C(F)(F)F)(C1)OC2. The lowest BCUT2D eigenvalue weighted by molar-refractivity contribution is -0.265. The predicted octanol–water partition coefficient (Wildman–Crippen LogP) is 1.45. The van der Waals surface area contributed by atoms with Crippen LogP contribution in [-0.2, 0) is 4.74 Å². The van der Waals surface area contributed by atoms with Crippen LogP contribution >= 0.6 is 0 Å². The van der Waals surface area contributed by atoms with Gasteiger partial charge in [-0.3, -0.25) is 0 Å². The van der Waals surface area contributed by atoms with E-state index in [4.69, 9.17) is 10.5 Å². The summed E-state index contributed by atoms with van der Waals surface area (Å²) in [6, 6.07) is 0. The Labute approximate surface area is 74.2 Å². The molecule has 2 nitrogen and oxygen atoms in total. The van der Waals surface area contributed by atoms with Gasteiger partial charge < -0.3 is 10.5 Å². The zero-order valence-corrected chi connectivity index (χ0v) is 7.16. The minimum atomic E-state index is -4.24. The van der Waals surface area contributed by atoms with E-state index in [-0.39, 0.29) is 19.4 Å².